The predicted molar refractivity (Wildman–Crippen MR) is 204 cm³/mol. The minimum absolute atomic E-state index is 0.00187. The predicted octanol–water partition coefficient (Wildman–Crippen LogP) is 4.49. The maximum atomic E-state index is 11.2. The Morgan fingerprint density at radius 2 is 1.85 bits per heavy atom. The van der Waals surface area contributed by atoms with E-state index in [9.17, 15) is 20.4 Å². The molecule has 10 nitrogen and oxygen atoms in total. The number of methoxy groups -OCH3 is 1. The van der Waals surface area contributed by atoms with Gasteiger partial charge in [-0.15, -0.1) is 0 Å². The molecule has 3 aliphatic heterocycles. The average molecular weight is 731 g/mol. The van der Waals surface area contributed by atoms with Crippen LogP contribution in [0.2, 0.25) is 0 Å². The van der Waals surface area contributed by atoms with E-state index in [-0.39, 0.29) is 42.7 Å². The molecule has 0 spiro atoms. The van der Waals surface area contributed by atoms with Gasteiger partial charge in [-0.25, -0.2) is 0 Å². The summed E-state index contributed by atoms with van der Waals surface area (Å²) in [7, 11) is 3.38. The van der Waals surface area contributed by atoms with Crippen LogP contribution < -0.4 is 30.1 Å². The van der Waals surface area contributed by atoms with Gasteiger partial charge in [0.15, 0.2) is 17.6 Å². The Labute approximate surface area is 314 Å². The van der Waals surface area contributed by atoms with Crippen molar-refractivity contribution in [3.63, 3.8) is 0 Å². The molecule has 4 aromatic carbocycles. The van der Waals surface area contributed by atoms with E-state index in [0.717, 1.165) is 66.6 Å². The molecule has 4 aromatic rings. The normalized spacial score (nSPS) is 22.7. The molecule has 54 heavy (non-hydrogen) atoms. The van der Waals surface area contributed by atoms with Crippen molar-refractivity contribution in [1.29, 1.82) is 0 Å². The van der Waals surface area contributed by atoms with E-state index in [1.165, 1.54) is 12.7 Å². The van der Waals surface area contributed by atoms with Crippen molar-refractivity contribution in [1.82, 2.24) is 5.32 Å². The van der Waals surface area contributed by atoms with Crippen LogP contribution in [0, 0.1) is 0 Å². The van der Waals surface area contributed by atoms with Crippen molar-refractivity contribution in [2.24, 2.45) is 4.99 Å². The van der Waals surface area contributed by atoms with Crippen LogP contribution in [-0.4, -0.2) is 73.3 Å². The molecule has 3 heterocycles. The van der Waals surface area contributed by atoms with E-state index in [0.29, 0.717) is 63.1 Å². The third-order valence-electron chi connectivity index (χ3n) is 11.9. The Morgan fingerprint density at radius 3 is 2.67 bits per heavy atom. The second-order valence-electron chi connectivity index (χ2n) is 15.0. The van der Waals surface area contributed by atoms with Crippen molar-refractivity contribution in [2.75, 3.05) is 40.6 Å². The molecule has 0 aromatic heterocycles. The summed E-state index contributed by atoms with van der Waals surface area (Å²) >= 11 is 0. The number of aromatic hydroxyl groups is 2. The van der Waals surface area contributed by atoms with Crippen molar-refractivity contribution in [3.8, 4) is 39.9 Å². The monoisotopic (exact) mass is 730 g/mol. The first-order chi connectivity index (χ1) is 26.4. The van der Waals surface area contributed by atoms with Crippen LogP contribution in [0.1, 0.15) is 75.3 Å². The Balaban J connectivity index is 1.23. The fourth-order valence-electron chi connectivity index (χ4n) is 9.40. The molecule has 0 radical (unpaired) electrons. The van der Waals surface area contributed by atoms with Crippen LogP contribution in [0.25, 0.3) is 23.3 Å². The minimum atomic E-state index is -0.538. The molecule has 2 aliphatic carbocycles. The van der Waals surface area contributed by atoms with Gasteiger partial charge in [-0.1, -0.05) is 30.4 Å². The van der Waals surface area contributed by atoms with Crippen molar-refractivity contribution in [3.05, 3.63) is 104 Å². The standard InChI is InChI=1S/C44H46N2O8/c1-45-22-52-38-20-34-33-19-32-28(23-5-11-35-24(16-23)13-14-46-35)8-9-29-36(49)12-10-30(39(29)32)40(33)44-31(7-6-27(21-48)53-44)43(34)54-42(38)26-17-25(4-3-15-47)41(50)37(18-26)51-2/h5,8-13,16-18,27-28,32,38,42,45,47-50H,3-4,6-7,14-15,19-22H2,1-2H3. The molecular weight excluding hydrogens is 684 g/mol. The Bertz CT molecular complexity index is 2300. The first kappa shape index (κ1) is 34.9. The van der Waals surface area contributed by atoms with E-state index in [2.05, 4.69) is 46.7 Å². The summed E-state index contributed by atoms with van der Waals surface area (Å²) in [5.74, 6) is 2.27. The average Bonchev–Trinajstić information content (AvgIpc) is 3.68. The number of fused-ring (bicyclic) bond motifs is 8. The van der Waals surface area contributed by atoms with E-state index in [4.69, 9.17) is 18.9 Å². The first-order valence-corrected chi connectivity index (χ1v) is 19.0. The second kappa shape index (κ2) is 14.1. The van der Waals surface area contributed by atoms with Crippen molar-refractivity contribution >= 4 is 12.2 Å². The lowest BCUT2D eigenvalue weighted by atomic mass is 9.65. The SMILES string of the molecule is CNCOC1Cc2c3c(c4c(c2OC1c1cc(CCCO)c(O)c(OC)c1)CCC(CO)O4)-c1ccc(O)c2c1C(C3)C(c1ccc3c(c1)=CCN=3)C=C2. The van der Waals surface area contributed by atoms with Crippen molar-refractivity contribution < 1.29 is 39.4 Å². The van der Waals surface area contributed by atoms with Gasteiger partial charge in [-0.3, -0.25) is 10.3 Å². The topological polar surface area (TPSA) is 142 Å². The lowest BCUT2D eigenvalue weighted by Gasteiger charge is -2.43. The number of nitrogens with zero attached hydrogens (tertiary/aromatic N) is 1. The van der Waals surface area contributed by atoms with E-state index < -0.39 is 12.2 Å². The fourth-order valence-corrected chi connectivity index (χ4v) is 9.40. The molecule has 0 fully saturated rings. The summed E-state index contributed by atoms with van der Waals surface area (Å²) in [6.45, 7) is 0.911. The van der Waals surface area contributed by atoms with E-state index in [1.807, 2.05) is 25.2 Å². The Kier molecular flexibility index (Phi) is 9.09. The number of benzene rings is 4. The fraction of sp³-hybridized carbons (Fsp3) is 0.386. The molecule has 5 N–H and O–H groups in total. The quantitative estimate of drug-likeness (QED) is 0.149. The van der Waals surface area contributed by atoms with Gasteiger partial charge in [0.25, 0.3) is 0 Å². The zero-order valence-corrected chi connectivity index (χ0v) is 30.6. The Morgan fingerprint density at radius 1 is 0.963 bits per heavy atom. The van der Waals surface area contributed by atoms with E-state index >= 15 is 0 Å². The van der Waals surface area contributed by atoms with E-state index in [1.54, 1.807) is 6.07 Å². The highest BCUT2D eigenvalue weighted by atomic mass is 16.6. The summed E-state index contributed by atoms with van der Waals surface area (Å²) < 4.78 is 26.1. The number of aliphatic hydroxyl groups is 2. The number of ether oxygens (including phenoxy) is 4. The molecule has 5 atom stereocenters. The van der Waals surface area contributed by atoms with Crippen LogP contribution in [0.3, 0.4) is 0 Å². The molecule has 0 bridgehead atoms. The molecule has 5 unspecified atom stereocenters. The number of nitrogens with one attached hydrogen (secondary N) is 1. The van der Waals surface area contributed by atoms with Gasteiger partial charge < -0.3 is 39.4 Å². The van der Waals surface area contributed by atoms with Gasteiger partial charge in [0.05, 0.1) is 32.3 Å². The lowest BCUT2D eigenvalue weighted by Crippen LogP contribution is -2.37. The number of phenols is 2. The molecule has 0 saturated heterocycles. The summed E-state index contributed by atoms with van der Waals surface area (Å²) in [4.78, 5) is 4.62. The first-order valence-electron chi connectivity index (χ1n) is 19.0. The highest BCUT2D eigenvalue weighted by Gasteiger charge is 2.44. The maximum Gasteiger partial charge on any atom is 0.161 e. The molecule has 10 heteroatoms. The third-order valence-corrected chi connectivity index (χ3v) is 11.9. The number of hydrogen-bond donors (Lipinski definition) is 5. The van der Waals surface area contributed by atoms with Gasteiger partial charge in [-0.2, -0.15) is 0 Å². The maximum absolute atomic E-state index is 11.2. The summed E-state index contributed by atoms with van der Waals surface area (Å²) in [5, 5.41) is 47.5. The number of rotatable bonds is 10. The molecular formula is C44H46N2O8. The van der Waals surface area contributed by atoms with Gasteiger partial charge >= 0.3 is 0 Å². The van der Waals surface area contributed by atoms with Gasteiger partial charge in [0.1, 0.15) is 29.5 Å². The van der Waals surface area contributed by atoms with Crippen LogP contribution in [0.15, 0.2) is 53.5 Å². The second-order valence-corrected chi connectivity index (χ2v) is 15.0. The molecule has 9 rings (SSSR count). The van der Waals surface area contributed by atoms with Crippen LogP contribution >= 0.6 is 0 Å². The number of aryl methyl sites for hydroxylation is 1. The van der Waals surface area contributed by atoms with Crippen LogP contribution in [0.4, 0.5) is 0 Å². The number of hydrogen-bond acceptors (Lipinski definition) is 10. The van der Waals surface area contributed by atoms with Crippen LogP contribution in [0.5, 0.6) is 28.7 Å². The van der Waals surface area contributed by atoms with Gasteiger partial charge in [0, 0.05) is 41.2 Å². The molecule has 280 valence electrons. The molecule has 5 aliphatic rings. The highest BCUT2D eigenvalue weighted by molar-refractivity contribution is 5.88. The van der Waals surface area contributed by atoms with Crippen LogP contribution in [-0.2, 0) is 30.4 Å². The van der Waals surface area contributed by atoms with Gasteiger partial charge in [0.2, 0.25) is 0 Å². The largest absolute Gasteiger partial charge is 0.507 e. The Hall–Kier alpha value is -4.87. The zero-order chi connectivity index (χ0) is 37.1. The molecule has 0 amide bonds. The third kappa shape index (κ3) is 5.66. The minimum Gasteiger partial charge on any atom is -0.507 e. The lowest BCUT2D eigenvalue weighted by molar-refractivity contribution is -0.0436. The summed E-state index contributed by atoms with van der Waals surface area (Å²) in [6.07, 6.45) is 8.72. The molecule has 0 saturated carbocycles. The van der Waals surface area contributed by atoms with Gasteiger partial charge in [-0.05, 0) is 114 Å². The number of allylic oxidation sites excluding steroid dienone is 1. The number of aliphatic hydroxyl groups excluding tert-OH is 2. The smallest absolute Gasteiger partial charge is 0.161 e. The summed E-state index contributed by atoms with van der Waals surface area (Å²) in [5.41, 5.74) is 9.90. The summed E-state index contributed by atoms with van der Waals surface area (Å²) in [6, 6.07) is 14.1. The highest BCUT2D eigenvalue weighted by Crippen LogP contribution is 2.59. The van der Waals surface area contributed by atoms with Crippen molar-refractivity contribution in [2.45, 2.75) is 68.7 Å². The zero-order valence-electron chi connectivity index (χ0n) is 30.6. The number of phenolic OH excluding ortho intramolecular Hbond substituents is 2.